The zero-order valence-corrected chi connectivity index (χ0v) is 8.49. The van der Waals surface area contributed by atoms with Gasteiger partial charge in [-0.25, -0.2) is 0 Å². The van der Waals surface area contributed by atoms with Crippen molar-refractivity contribution in [2.24, 2.45) is 0 Å². The summed E-state index contributed by atoms with van der Waals surface area (Å²) in [6.07, 6.45) is 0.0856. The fourth-order valence-corrected chi connectivity index (χ4v) is 1.32. The summed E-state index contributed by atoms with van der Waals surface area (Å²) in [6, 6.07) is 5.30. The first kappa shape index (κ1) is 9.69. The highest BCUT2D eigenvalue weighted by molar-refractivity contribution is 6.37. The number of para-hydroxylation sites is 1. The molecule has 0 spiro atoms. The Morgan fingerprint density at radius 2 is 1.67 bits per heavy atom. The summed E-state index contributed by atoms with van der Waals surface area (Å²) in [5, 5.41) is 1.10. The minimum atomic E-state index is 0.0856. The predicted octanol–water partition coefficient (Wildman–Crippen LogP) is 3.78. The zero-order chi connectivity index (χ0) is 9.14. The number of hydrogen-bond donors (Lipinski definition) is 0. The van der Waals surface area contributed by atoms with Crippen LogP contribution in [0.3, 0.4) is 0 Å². The lowest BCUT2D eigenvalue weighted by Gasteiger charge is -2.12. The molecular formula is C9H10Cl2O. The van der Waals surface area contributed by atoms with Crippen LogP contribution in [0.2, 0.25) is 10.0 Å². The lowest BCUT2D eigenvalue weighted by Crippen LogP contribution is -2.06. The summed E-state index contributed by atoms with van der Waals surface area (Å²) in [4.78, 5) is 0. The molecule has 1 rings (SSSR count). The van der Waals surface area contributed by atoms with Gasteiger partial charge >= 0.3 is 0 Å². The molecule has 0 N–H and O–H groups in total. The lowest BCUT2D eigenvalue weighted by atomic mass is 10.3. The van der Waals surface area contributed by atoms with Gasteiger partial charge in [0.15, 0.2) is 5.75 Å². The highest BCUT2D eigenvalue weighted by Crippen LogP contribution is 2.32. The van der Waals surface area contributed by atoms with Gasteiger partial charge in [0.25, 0.3) is 0 Å². The molecule has 1 aromatic rings. The third-order valence-corrected chi connectivity index (χ3v) is 1.87. The Hall–Kier alpha value is -0.400. The molecule has 0 fully saturated rings. The Morgan fingerprint density at radius 3 is 2.08 bits per heavy atom. The van der Waals surface area contributed by atoms with Gasteiger partial charge in [-0.1, -0.05) is 29.3 Å². The topological polar surface area (TPSA) is 9.23 Å². The van der Waals surface area contributed by atoms with Crippen molar-refractivity contribution in [2.45, 2.75) is 20.0 Å². The maximum Gasteiger partial charge on any atom is 0.156 e. The van der Waals surface area contributed by atoms with Gasteiger partial charge in [-0.3, -0.25) is 0 Å². The average Bonchev–Trinajstić information content (AvgIpc) is 1.97. The molecule has 1 aromatic carbocycles. The summed E-state index contributed by atoms with van der Waals surface area (Å²) in [6.45, 7) is 3.86. The summed E-state index contributed by atoms with van der Waals surface area (Å²) in [5.41, 5.74) is 0. The fraction of sp³-hybridized carbons (Fsp3) is 0.333. The second-order valence-electron chi connectivity index (χ2n) is 2.72. The van der Waals surface area contributed by atoms with Crippen molar-refractivity contribution >= 4 is 23.2 Å². The molecule has 12 heavy (non-hydrogen) atoms. The second-order valence-corrected chi connectivity index (χ2v) is 3.53. The van der Waals surface area contributed by atoms with Crippen molar-refractivity contribution in [1.82, 2.24) is 0 Å². The zero-order valence-electron chi connectivity index (χ0n) is 6.97. The van der Waals surface area contributed by atoms with Gasteiger partial charge in [0.1, 0.15) is 0 Å². The molecule has 0 aliphatic heterocycles. The summed E-state index contributed by atoms with van der Waals surface area (Å²) >= 11 is 11.7. The molecule has 3 heteroatoms. The van der Waals surface area contributed by atoms with Gasteiger partial charge in [-0.15, -0.1) is 0 Å². The van der Waals surface area contributed by atoms with Crippen molar-refractivity contribution < 1.29 is 4.74 Å². The van der Waals surface area contributed by atoms with Gasteiger partial charge in [0.2, 0.25) is 0 Å². The Labute approximate surface area is 82.2 Å². The van der Waals surface area contributed by atoms with Crippen molar-refractivity contribution in [1.29, 1.82) is 0 Å². The first-order chi connectivity index (χ1) is 5.61. The van der Waals surface area contributed by atoms with Crippen LogP contribution in [0.5, 0.6) is 5.75 Å². The normalized spacial score (nSPS) is 10.4. The maximum atomic E-state index is 5.86. The molecule has 0 amide bonds. The van der Waals surface area contributed by atoms with E-state index in [0.29, 0.717) is 15.8 Å². The van der Waals surface area contributed by atoms with Gasteiger partial charge in [0, 0.05) is 0 Å². The molecule has 66 valence electrons. The number of hydrogen-bond acceptors (Lipinski definition) is 1. The van der Waals surface area contributed by atoms with Gasteiger partial charge in [-0.05, 0) is 26.0 Å². The van der Waals surface area contributed by atoms with E-state index in [-0.39, 0.29) is 6.10 Å². The molecule has 0 atom stereocenters. The lowest BCUT2D eigenvalue weighted by molar-refractivity contribution is 0.243. The summed E-state index contributed by atoms with van der Waals surface area (Å²) in [7, 11) is 0. The van der Waals surface area contributed by atoms with E-state index in [1.54, 1.807) is 18.2 Å². The summed E-state index contributed by atoms with van der Waals surface area (Å²) < 4.78 is 5.41. The van der Waals surface area contributed by atoms with Gasteiger partial charge in [0.05, 0.1) is 16.1 Å². The van der Waals surface area contributed by atoms with Crippen molar-refractivity contribution in [2.75, 3.05) is 0 Å². The van der Waals surface area contributed by atoms with E-state index >= 15 is 0 Å². The van der Waals surface area contributed by atoms with Crippen molar-refractivity contribution in [3.8, 4) is 5.75 Å². The molecule has 0 bridgehead atoms. The van der Waals surface area contributed by atoms with E-state index in [9.17, 15) is 0 Å². The van der Waals surface area contributed by atoms with E-state index in [1.165, 1.54) is 0 Å². The van der Waals surface area contributed by atoms with Crippen molar-refractivity contribution in [3.63, 3.8) is 0 Å². The molecule has 0 aromatic heterocycles. The Kier molecular flexibility index (Phi) is 3.24. The van der Waals surface area contributed by atoms with Crippen LogP contribution < -0.4 is 4.74 Å². The largest absolute Gasteiger partial charge is 0.488 e. The predicted molar refractivity (Wildman–Crippen MR) is 52.2 cm³/mol. The first-order valence-electron chi connectivity index (χ1n) is 3.72. The Morgan fingerprint density at radius 1 is 1.17 bits per heavy atom. The van der Waals surface area contributed by atoms with Crippen LogP contribution in [0.15, 0.2) is 18.2 Å². The molecule has 0 heterocycles. The smallest absolute Gasteiger partial charge is 0.156 e. The summed E-state index contributed by atoms with van der Waals surface area (Å²) in [5.74, 6) is 0.566. The van der Waals surface area contributed by atoms with Crippen molar-refractivity contribution in [3.05, 3.63) is 28.2 Å². The highest BCUT2D eigenvalue weighted by Gasteiger charge is 2.07. The Balaban J connectivity index is 2.96. The molecule has 0 saturated carbocycles. The van der Waals surface area contributed by atoms with Crippen LogP contribution in [0.4, 0.5) is 0 Å². The molecule has 1 nitrogen and oxygen atoms in total. The first-order valence-corrected chi connectivity index (χ1v) is 4.47. The minimum Gasteiger partial charge on any atom is -0.488 e. The second kappa shape index (κ2) is 4.01. The standard InChI is InChI=1S/C9H10Cl2O/c1-6(2)12-9-7(10)4-3-5-8(9)11/h3-6H,1-2H3. The van der Waals surface area contributed by atoms with Crippen LogP contribution in [0.1, 0.15) is 13.8 Å². The van der Waals surface area contributed by atoms with Crippen LogP contribution in [0, 0.1) is 0 Å². The van der Waals surface area contributed by atoms with Crippen LogP contribution in [-0.2, 0) is 0 Å². The number of ether oxygens (including phenoxy) is 1. The maximum absolute atomic E-state index is 5.86. The molecular weight excluding hydrogens is 195 g/mol. The third-order valence-electron chi connectivity index (χ3n) is 1.27. The van der Waals surface area contributed by atoms with Crippen LogP contribution in [-0.4, -0.2) is 6.10 Å². The molecule has 0 aliphatic carbocycles. The molecule has 0 aliphatic rings. The van der Waals surface area contributed by atoms with E-state index in [1.807, 2.05) is 13.8 Å². The minimum absolute atomic E-state index is 0.0856. The van der Waals surface area contributed by atoms with Gasteiger partial charge < -0.3 is 4.74 Å². The number of benzene rings is 1. The van der Waals surface area contributed by atoms with E-state index in [4.69, 9.17) is 27.9 Å². The number of halogens is 2. The monoisotopic (exact) mass is 204 g/mol. The van der Waals surface area contributed by atoms with Crippen LogP contribution >= 0.6 is 23.2 Å². The van der Waals surface area contributed by atoms with E-state index < -0.39 is 0 Å². The highest BCUT2D eigenvalue weighted by atomic mass is 35.5. The average molecular weight is 205 g/mol. The molecule has 0 unspecified atom stereocenters. The molecule has 0 radical (unpaired) electrons. The number of rotatable bonds is 2. The Bertz CT molecular complexity index is 251. The van der Waals surface area contributed by atoms with Crippen LogP contribution in [0.25, 0.3) is 0 Å². The van der Waals surface area contributed by atoms with Gasteiger partial charge in [-0.2, -0.15) is 0 Å². The van der Waals surface area contributed by atoms with E-state index in [0.717, 1.165) is 0 Å². The SMILES string of the molecule is CC(C)Oc1c(Cl)cccc1Cl. The fourth-order valence-electron chi connectivity index (χ4n) is 0.831. The van der Waals surface area contributed by atoms with E-state index in [2.05, 4.69) is 0 Å². The third kappa shape index (κ3) is 2.29. The quantitative estimate of drug-likeness (QED) is 0.713. The molecule has 0 saturated heterocycles.